The van der Waals surface area contributed by atoms with Gasteiger partial charge in [0.25, 0.3) is 5.91 Å². The molecule has 1 aromatic rings. The van der Waals surface area contributed by atoms with Crippen molar-refractivity contribution in [3.05, 3.63) is 52.7 Å². The van der Waals surface area contributed by atoms with E-state index in [2.05, 4.69) is 0 Å². The number of rotatable bonds is 7. The van der Waals surface area contributed by atoms with E-state index in [1.165, 1.54) is 0 Å². The maximum absolute atomic E-state index is 13.1. The Morgan fingerprint density at radius 3 is 2.50 bits per heavy atom. The topological polar surface area (TPSA) is 53.1 Å². The zero-order valence-electron chi connectivity index (χ0n) is 18.8. The summed E-state index contributed by atoms with van der Waals surface area (Å²) in [7, 11) is 0. The van der Waals surface area contributed by atoms with Gasteiger partial charge in [-0.1, -0.05) is 37.6 Å². The highest BCUT2D eigenvalue weighted by molar-refractivity contribution is 7.80. The van der Waals surface area contributed by atoms with Crippen LogP contribution in [0.3, 0.4) is 0 Å². The molecular weight excluding hydrogens is 446 g/mol. The number of benzene rings is 1. The van der Waals surface area contributed by atoms with Crippen LogP contribution in [0.1, 0.15) is 39.7 Å². The lowest BCUT2D eigenvalue weighted by molar-refractivity contribution is -0.140. The highest BCUT2D eigenvalue weighted by Gasteiger charge is 2.53. The van der Waals surface area contributed by atoms with Crippen molar-refractivity contribution in [2.45, 2.75) is 46.4 Å². The molecule has 0 bridgehead atoms. The molecule has 0 N–H and O–H groups in total. The molecule has 2 atom stereocenters. The number of hydrogen-bond acceptors (Lipinski definition) is 4. The van der Waals surface area contributed by atoms with Crippen LogP contribution in [-0.4, -0.2) is 63.6 Å². The summed E-state index contributed by atoms with van der Waals surface area (Å²) in [6, 6.07) is 7.61. The molecule has 170 valence electrons. The molecule has 2 saturated heterocycles. The third kappa shape index (κ3) is 4.09. The van der Waals surface area contributed by atoms with Gasteiger partial charge in [-0.05, 0) is 66.9 Å². The van der Waals surface area contributed by atoms with Gasteiger partial charge in [0.1, 0.15) is 6.10 Å². The SMILES string of the molecule is CCN(CC)C(=O)CC(C)(C)CN1C(=O)C2OC3C=C(c4ccc(Cl)cc4)C=C3N2C1=S. The van der Waals surface area contributed by atoms with Gasteiger partial charge >= 0.3 is 0 Å². The van der Waals surface area contributed by atoms with Crippen molar-refractivity contribution < 1.29 is 14.3 Å². The lowest BCUT2D eigenvalue weighted by Gasteiger charge is -2.32. The van der Waals surface area contributed by atoms with E-state index in [1.807, 2.05) is 73.9 Å². The van der Waals surface area contributed by atoms with Crippen molar-refractivity contribution >= 4 is 46.3 Å². The van der Waals surface area contributed by atoms with Gasteiger partial charge in [0, 0.05) is 31.1 Å². The zero-order chi connectivity index (χ0) is 23.2. The number of amides is 2. The highest BCUT2D eigenvalue weighted by Crippen LogP contribution is 2.42. The Bertz CT molecular complexity index is 1010. The van der Waals surface area contributed by atoms with Gasteiger partial charge in [0.2, 0.25) is 12.1 Å². The van der Waals surface area contributed by atoms with Gasteiger partial charge < -0.3 is 9.64 Å². The van der Waals surface area contributed by atoms with E-state index in [-0.39, 0.29) is 17.9 Å². The van der Waals surface area contributed by atoms with E-state index in [0.29, 0.717) is 36.2 Å². The summed E-state index contributed by atoms with van der Waals surface area (Å²) in [5.74, 6) is -0.0835. The Morgan fingerprint density at radius 1 is 1.22 bits per heavy atom. The number of hydrogen-bond donors (Lipinski definition) is 0. The highest BCUT2D eigenvalue weighted by atomic mass is 35.5. The molecule has 3 aliphatic rings. The second-order valence-electron chi connectivity index (χ2n) is 9.09. The van der Waals surface area contributed by atoms with E-state index in [4.69, 9.17) is 28.6 Å². The van der Waals surface area contributed by atoms with Gasteiger partial charge in [-0.2, -0.15) is 0 Å². The van der Waals surface area contributed by atoms with Crippen LogP contribution >= 0.6 is 23.8 Å². The van der Waals surface area contributed by atoms with Crippen LogP contribution in [0.2, 0.25) is 5.02 Å². The maximum Gasteiger partial charge on any atom is 0.279 e. The minimum absolute atomic E-state index is 0.0877. The van der Waals surface area contributed by atoms with Crippen molar-refractivity contribution in [3.8, 4) is 0 Å². The minimum Gasteiger partial charge on any atom is -0.343 e. The summed E-state index contributed by atoms with van der Waals surface area (Å²) in [5, 5.41) is 1.11. The van der Waals surface area contributed by atoms with E-state index in [0.717, 1.165) is 16.8 Å². The Kier molecular flexibility index (Phi) is 6.18. The fourth-order valence-corrected chi connectivity index (χ4v) is 4.96. The number of fused-ring (bicyclic) bond motifs is 3. The molecule has 6 nitrogen and oxygen atoms in total. The molecule has 8 heteroatoms. The predicted molar refractivity (Wildman–Crippen MR) is 129 cm³/mol. The molecule has 4 rings (SSSR count). The molecule has 2 unspecified atom stereocenters. The third-order valence-corrected chi connectivity index (χ3v) is 6.81. The Hall–Kier alpha value is -2.22. The van der Waals surface area contributed by atoms with Crippen LogP contribution in [0.25, 0.3) is 5.57 Å². The summed E-state index contributed by atoms with van der Waals surface area (Å²) >= 11 is 11.7. The van der Waals surface area contributed by atoms with Crippen LogP contribution in [-0.2, 0) is 14.3 Å². The molecule has 2 amide bonds. The van der Waals surface area contributed by atoms with Gasteiger partial charge in [-0.15, -0.1) is 0 Å². The predicted octanol–water partition coefficient (Wildman–Crippen LogP) is 4.06. The summed E-state index contributed by atoms with van der Waals surface area (Å²) in [6.07, 6.45) is 3.33. The second-order valence-corrected chi connectivity index (χ2v) is 9.89. The smallest absolute Gasteiger partial charge is 0.279 e. The first-order chi connectivity index (χ1) is 15.1. The Morgan fingerprint density at radius 2 is 1.88 bits per heavy atom. The van der Waals surface area contributed by atoms with Crippen LogP contribution in [0.4, 0.5) is 0 Å². The maximum atomic E-state index is 13.1. The van der Waals surface area contributed by atoms with E-state index < -0.39 is 11.6 Å². The largest absolute Gasteiger partial charge is 0.343 e. The normalized spacial score (nSPS) is 22.2. The second kappa shape index (κ2) is 8.61. The van der Waals surface area contributed by atoms with Gasteiger partial charge in [-0.3, -0.25) is 19.4 Å². The first-order valence-electron chi connectivity index (χ1n) is 10.9. The summed E-state index contributed by atoms with van der Waals surface area (Å²) in [6.45, 7) is 9.64. The number of carbonyl (C=O) groups excluding carboxylic acids is 2. The van der Waals surface area contributed by atoms with Crippen molar-refractivity contribution in [3.63, 3.8) is 0 Å². The van der Waals surface area contributed by atoms with Crippen LogP contribution in [0.5, 0.6) is 0 Å². The number of carbonyl (C=O) groups is 2. The van der Waals surface area contributed by atoms with E-state index in [9.17, 15) is 9.59 Å². The van der Waals surface area contributed by atoms with Gasteiger partial charge in [-0.25, -0.2) is 0 Å². The van der Waals surface area contributed by atoms with Crippen molar-refractivity contribution in [2.24, 2.45) is 5.41 Å². The van der Waals surface area contributed by atoms with Crippen LogP contribution in [0, 0.1) is 5.41 Å². The van der Waals surface area contributed by atoms with Crippen molar-refractivity contribution in [1.82, 2.24) is 14.7 Å². The number of allylic oxidation sites excluding steroid dienone is 2. The van der Waals surface area contributed by atoms with Gasteiger partial charge in [0.15, 0.2) is 5.11 Å². The first kappa shape index (κ1) is 23.0. The molecule has 0 aromatic heterocycles. The van der Waals surface area contributed by atoms with E-state index >= 15 is 0 Å². The molecule has 2 fully saturated rings. The molecule has 0 spiro atoms. The zero-order valence-corrected chi connectivity index (χ0v) is 20.4. The van der Waals surface area contributed by atoms with Crippen LogP contribution < -0.4 is 0 Å². The molecule has 32 heavy (non-hydrogen) atoms. The lowest BCUT2D eigenvalue weighted by Crippen LogP contribution is -2.43. The fourth-order valence-electron chi connectivity index (χ4n) is 4.47. The average molecular weight is 474 g/mol. The quantitative estimate of drug-likeness (QED) is 0.559. The fraction of sp³-hybridized carbons (Fsp3) is 0.458. The number of ether oxygens (including phenoxy) is 1. The third-order valence-electron chi connectivity index (χ3n) is 6.14. The lowest BCUT2D eigenvalue weighted by atomic mass is 9.88. The Balaban J connectivity index is 1.49. The van der Waals surface area contributed by atoms with Crippen molar-refractivity contribution in [1.29, 1.82) is 0 Å². The standard InChI is InChI=1S/C24H28ClN3O3S/c1-5-26(6-2)20(29)13-24(3,4)14-27-21(30)22-28(23(27)32)18-11-16(12-19(18)31-22)15-7-9-17(25)10-8-15/h7-12,19,22H,5-6,13-14H2,1-4H3. The molecule has 0 radical (unpaired) electrons. The van der Waals surface area contributed by atoms with Crippen LogP contribution in [0.15, 0.2) is 42.1 Å². The number of thiocarbonyl (C=S) groups is 1. The van der Waals surface area contributed by atoms with Crippen molar-refractivity contribution in [2.75, 3.05) is 19.6 Å². The van der Waals surface area contributed by atoms with Gasteiger partial charge in [0.05, 0.1) is 5.70 Å². The van der Waals surface area contributed by atoms with E-state index in [1.54, 1.807) is 4.90 Å². The molecular formula is C24H28ClN3O3S. The summed E-state index contributed by atoms with van der Waals surface area (Å²) in [4.78, 5) is 31.0. The molecule has 2 heterocycles. The molecule has 1 aliphatic carbocycles. The molecule has 0 saturated carbocycles. The first-order valence-corrected chi connectivity index (χ1v) is 11.7. The minimum atomic E-state index is -0.740. The number of nitrogens with zero attached hydrogens (tertiary/aromatic N) is 3. The monoisotopic (exact) mass is 473 g/mol. The molecule has 1 aromatic carbocycles. The average Bonchev–Trinajstić information content (AvgIpc) is 3.35. The Labute approximate surface area is 199 Å². The number of halogens is 1. The summed E-state index contributed by atoms with van der Waals surface area (Å²) < 4.78 is 6.07. The summed E-state index contributed by atoms with van der Waals surface area (Å²) in [5.41, 5.74) is 2.49. The molecule has 2 aliphatic heterocycles.